The lowest BCUT2D eigenvalue weighted by Crippen LogP contribution is -2.24. The summed E-state index contributed by atoms with van der Waals surface area (Å²) in [4.78, 5) is 4.23. The number of rotatable bonds is 3. The number of nitrogens with one attached hydrogen (secondary N) is 1. The number of nitriles is 1. The van der Waals surface area contributed by atoms with Gasteiger partial charge in [-0.15, -0.1) is 0 Å². The lowest BCUT2D eigenvalue weighted by molar-refractivity contribution is 0.246. The maximum absolute atomic E-state index is 9.17. The zero-order valence-corrected chi connectivity index (χ0v) is 11.3. The standard InChI is InChI=1S/C16H15N3O/c1-11-6-7-18-16(14(11)9-17)19-10-13-8-12-4-2-3-5-15(12)20-13/h2-7,13H,8,10H2,1H3,(H,18,19). The van der Waals surface area contributed by atoms with Crippen molar-refractivity contribution in [2.75, 3.05) is 11.9 Å². The van der Waals surface area contributed by atoms with E-state index in [9.17, 15) is 5.26 Å². The van der Waals surface area contributed by atoms with Crippen molar-refractivity contribution in [3.8, 4) is 11.8 Å². The first-order valence-corrected chi connectivity index (χ1v) is 6.62. The molecule has 1 aliphatic rings. The molecule has 100 valence electrons. The normalized spacial score (nSPS) is 16.1. The predicted molar refractivity (Wildman–Crippen MR) is 76.7 cm³/mol. The first kappa shape index (κ1) is 12.5. The second-order valence-electron chi connectivity index (χ2n) is 4.90. The molecule has 0 spiro atoms. The molecule has 0 aliphatic carbocycles. The Morgan fingerprint density at radius 1 is 1.40 bits per heavy atom. The Labute approximate surface area is 118 Å². The summed E-state index contributed by atoms with van der Waals surface area (Å²) in [6, 6.07) is 12.1. The molecule has 2 aromatic rings. The summed E-state index contributed by atoms with van der Waals surface area (Å²) in [7, 11) is 0. The molecule has 0 amide bonds. The Morgan fingerprint density at radius 3 is 3.05 bits per heavy atom. The second-order valence-corrected chi connectivity index (χ2v) is 4.90. The number of pyridine rings is 1. The molecule has 4 nitrogen and oxygen atoms in total. The molecule has 1 aliphatic heterocycles. The average Bonchev–Trinajstić information content (AvgIpc) is 2.88. The minimum absolute atomic E-state index is 0.0845. The minimum Gasteiger partial charge on any atom is -0.488 e. The SMILES string of the molecule is Cc1ccnc(NCC2Cc3ccccc3O2)c1C#N. The summed E-state index contributed by atoms with van der Waals surface area (Å²) in [6.45, 7) is 2.55. The molecule has 1 unspecified atom stereocenters. The summed E-state index contributed by atoms with van der Waals surface area (Å²) in [5.41, 5.74) is 2.76. The third-order valence-corrected chi connectivity index (χ3v) is 3.48. The number of benzene rings is 1. The molecule has 3 rings (SSSR count). The van der Waals surface area contributed by atoms with Crippen LogP contribution in [0.2, 0.25) is 0 Å². The zero-order chi connectivity index (χ0) is 13.9. The zero-order valence-electron chi connectivity index (χ0n) is 11.3. The average molecular weight is 265 g/mol. The molecule has 4 heteroatoms. The molecule has 1 aromatic carbocycles. The van der Waals surface area contributed by atoms with Crippen molar-refractivity contribution >= 4 is 5.82 Å². The van der Waals surface area contributed by atoms with Crippen molar-refractivity contribution < 1.29 is 4.74 Å². The van der Waals surface area contributed by atoms with Gasteiger partial charge >= 0.3 is 0 Å². The minimum atomic E-state index is 0.0845. The van der Waals surface area contributed by atoms with E-state index in [0.29, 0.717) is 17.9 Å². The van der Waals surface area contributed by atoms with Crippen molar-refractivity contribution in [2.45, 2.75) is 19.4 Å². The van der Waals surface area contributed by atoms with E-state index < -0.39 is 0 Å². The molecule has 0 saturated heterocycles. The lowest BCUT2D eigenvalue weighted by Gasteiger charge is -2.13. The highest BCUT2D eigenvalue weighted by Crippen LogP contribution is 2.28. The van der Waals surface area contributed by atoms with Crippen LogP contribution in [0.25, 0.3) is 0 Å². The molecule has 1 N–H and O–H groups in total. The number of hydrogen-bond acceptors (Lipinski definition) is 4. The van der Waals surface area contributed by atoms with E-state index in [2.05, 4.69) is 22.4 Å². The van der Waals surface area contributed by atoms with E-state index in [1.807, 2.05) is 31.2 Å². The summed E-state index contributed by atoms with van der Waals surface area (Å²) < 4.78 is 5.86. The van der Waals surface area contributed by atoms with Crippen LogP contribution in [0.1, 0.15) is 16.7 Å². The first-order valence-electron chi connectivity index (χ1n) is 6.62. The van der Waals surface area contributed by atoms with Crippen LogP contribution >= 0.6 is 0 Å². The van der Waals surface area contributed by atoms with Crippen LogP contribution in [0.15, 0.2) is 36.5 Å². The third kappa shape index (κ3) is 2.30. The van der Waals surface area contributed by atoms with Crippen LogP contribution in [0, 0.1) is 18.3 Å². The van der Waals surface area contributed by atoms with E-state index in [4.69, 9.17) is 4.74 Å². The smallest absolute Gasteiger partial charge is 0.144 e. The summed E-state index contributed by atoms with van der Waals surface area (Å²) in [6.07, 6.45) is 2.68. The van der Waals surface area contributed by atoms with Crippen LogP contribution in [-0.2, 0) is 6.42 Å². The number of para-hydroxylation sites is 1. The van der Waals surface area contributed by atoms with E-state index in [-0.39, 0.29) is 6.10 Å². The van der Waals surface area contributed by atoms with Gasteiger partial charge in [-0.05, 0) is 30.2 Å². The number of aryl methyl sites for hydroxylation is 1. The summed E-state index contributed by atoms with van der Waals surface area (Å²) in [5.74, 6) is 1.59. The van der Waals surface area contributed by atoms with Gasteiger partial charge in [-0.25, -0.2) is 4.98 Å². The fraction of sp³-hybridized carbons (Fsp3) is 0.250. The highest BCUT2D eigenvalue weighted by Gasteiger charge is 2.22. The van der Waals surface area contributed by atoms with E-state index in [1.165, 1.54) is 5.56 Å². The Kier molecular flexibility index (Phi) is 3.26. The van der Waals surface area contributed by atoms with Crippen LogP contribution in [0.5, 0.6) is 5.75 Å². The molecule has 2 heterocycles. The molecule has 0 radical (unpaired) electrons. The monoisotopic (exact) mass is 265 g/mol. The van der Waals surface area contributed by atoms with Crippen molar-refractivity contribution in [2.24, 2.45) is 0 Å². The van der Waals surface area contributed by atoms with E-state index in [0.717, 1.165) is 17.7 Å². The van der Waals surface area contributed by atoms with Gasteiger partial charge in [-0.3, -0.25) is 0 Å². The van der Waals surface area contributed by atoms with Crippen molar-refractivity contribution in [3.05, 3.63) is 53.2 Å². The fourth-order valence-electron chi connectivity index (χ4n) is 2.41. The number of fused-ring (bicyclic) bond motifs is 1. The second kappa shape index (κ2) is 5.22. The molecule has 1 atom stereocenters. The quantitative estimate of drug-likeness (QED) is 0.927. The molecular weight excluding hydrogens is 250 g/mol. The van der Waals surface area contributed by atoms with Gasteiger partial charge in [0.05, 0.1) is 12.1 Å². The maximum Gasteiger partial charge on any atom is 0.144 e. The number of aromatic nitrogens is 1. The van der Waals surface area contributed by atoms with Crippen LogP contribution in [0.3, 0.4) is 0 Å². The third-order valence-electron chi connectivity index (χ3n) is 3.48. The molecule has 1 aromatic heterocycles. The number of anilines is 1. The van der Waals surface area contributed by atoms with Crippen LogP contribution in [-0.4, -0.2) is 17.6 Å². The molecular formula is C16H15N3O. The van der Waals surface area contributed by atoms with Gasteiger partial charge in [-0.1, -0.05) is 18.2 Å². The van der Waals surface area contributed by atoms with Crippen molar-refractivity contribution in [1.29, 1.82) is 5.26 Å². The summed E-state index contributed by atoms with van der Waals surface area (Å²) >= 11 is 0. The topological polar surface area (TPSA) is 57.9 Å². The van der Waals surface area contributed by atoms with Gasteiger partial charge in [0.25, 0.3) is 0 Å². The Hall–Kier alpha value is -2.54. The first-order chi connectivity index (χ1) is 9.78. The Balaban J connectivity index is 1.68. The predicted octanol–water partition coefficient (Wildman–Crippen LogP) is 2.68. The van der Waals surface area contributed by atoms with Crippen molar-refractivity contribution in [3.63, 3.8) is 0 Å². The highest BCUT2D eigenvalue weighted by atomic mass is 16.5. The van der Waals surface area contributed by atoms with E-state index >= 15 is 0 Å². The van der Waals surface area contributed by atoms with Gasteiger partial charge in [0.1, 0.15) is 23.7 Å². The molecule has 0 saturated carbocycles. The maximum atomic E-state index is 9.17. The fourth-order valence-corrected chi connectivity index (χ4v) is 2.41. The Morgan fingerprint density at radius 2 is 2.25 bits per heavy atom. The Bertz CT molecular complexity index is 651. The molecule has 0 fully saturated rings. The largest absolute Gasteiger partial charge is 0.488 e. The number of nitrogens with zero attached hydrogens (tertiary/aromatic N) is 2. The number of hydrogen-bond donors (Lipinski definition) is 1. The number of ether oxygens (including phenoxy) is 1. The van der Waals surface area contributed by atoms with Crippen LogP contribution < -0.4 is 10.1 Å². The van der Waals surface area contributed by atoms with E-state index in [1.54, 1.807) is 6.20 Å². The highest BCUT2D eigenvalue weighted by molar-refractivity contribution is 5.55. The van der Waals surface area contributed by atoms with Crippen LogP contribution in [0.4, 0.5) is 5.82 Å². The van der Waals surface area contributed by atoms with Gasteiger partial charge in [0.15, 0.2) is 0 Å². The van der Waals surface area contributed by atoms with Crippen molar-refractivity contribution in [1.82, 2.24) is 4.98 Å². The van der Waals surface area contributed by atoms with Gasteiger partial charge in [0, 0.05) is 12.6 Å². The lowest BCUT2D eigenvalue weighted by atomic mass is 10.1. The summed E-state index contributed by atoms with van der Waals surface area (Å²) in [5, 5.41) is 12.4. The van der Waals surface area contributed by atoms with Gasteiger partial charge in [-0.2, -0.15) is 5.26 Å². The molecule has 0 bridgehead atoms. The van der Waals surface area contributed by atoms with Gasteiger partial charge < -0.3 is 10.1 Å². The molecule has 20 heavy (non-hydrogen) atoms. The van der Waals surface area contributed by atoms with Gasteiger partial charge in [0.2, 0.25) is 0 Å².